The highest BCUT2D eigenvalue weighted by Gasteiger charge is 2.26. The van der Waals surface area contributed by atoms with Crippen molar-refractivity contribution in [2.24, 2.45) is 5.92 Å². The van der Waals surface area contributed by atoms with Gasteiger partial charge in [-0.1, -0.05) is 6.42 Å². The molecule has 6 nitrogen and oxygen atoms in total. The number of carboxylic acids is 1. The van der Waals surface area contributed by atoms with Gasteiger partial charge in [0, 0.05) is 32.5 Å². The lowest BCUT2D eigenvalue weighted by molar-refractivity contribution is -0.142. The third-order valence-electron chi connectivity index (χ3n) is 4.43. The molecule has 2 heterocycles. The van der Waals surface area contributed by atoms with Gasteiger partial charge in [-0.25, -0.2) is 0 Å². The molecule has 0 spiro atoms. The monoisotopic (exact) mass is 296 g/mol. The summed E-state index contributed by atoms with van der Waals surface area (Å²) in [5, 5.41) is 8.79. The second-order valence-electron chi connectivity index (χ2n) is 6.05. The van der Waals surface area contributed by atoms with Crippen LogP contribution in [-0.4, -0.2) is 58.9 Å². The summed E-state index contributed by atoms with van der Waals surface area (Å²) in [6.07, 6.45) is 5.17. The molecule has 0 aromatic heterocycles. The maximum absolute atomic E-state index is 12.3. The molecule has 118 valence electrons. The molecule has 0 saturated carbocycles. The predicted octanol–water partition coefficient (Wildman–Crippen LogP) is 1.10. The third kappa shape index (κ3) is 4.72. The lowest BCUT2D eigenvalue weighted by Gasteiger charge is -2.33. The number of rotatable bonds is 4. The Labute approximate surface area is 125 Å². The quantitative estimate of drug-likeness (QED) is 0.842. The third-order valence-corrected chi connectivity index (χ3v) is 4.43. The minimum absolute atomic E-state index is 0.000903. The zero-order chi connectivity index (χ0) is 15.2. The molecule has 0 atom stereocenters. The van der Waals surface area contributed by atoms with Gasteiger partial charge in [-0.15, -0.1) is 0 Å². The number of carbonyl (C=O) groups is 3. The number of carbonyl (C=O) groups excluding carboxylic acids is 2. The molecular weight excluding hydrogens is 272 g/mol. The van der Waals surface area contributed by atoms with Crippen molar-refractivity contribution in [3.8, 4) is 0 Å². The first kappa shape index (κ1) is 15.8. The fourth-order valence-electron chi connectivity index (χ4n) is 3.10. The molecule has 0 aliphatic carbocycles. The van der Waals surface area contributed by atoms with E-state index in [0.29, 0.717) is 26.1 Å². The Bertz CT molecular complexity index is 402. The Balaban J connectivity index is 1.79. The second-order valence-corrected chi connectivity index (χ2v) is 6.05. The largest absolute Gasteiger partial charge is 0.481 e. The molecule has 0 radical (unpaired) electrons. The van der Waals surface area contributed by atoms with Gasteiger partial charge in [0.15, 0.2) is 0 Å². The summed E-state index contributed by atoms with van der Waals surface area (Å²) in [7, 11) is 0. The molecule has 2 amide bonds. The van der Waals surface area contributed by atoms with Gasteiger partial charge >= 0.3 is 5.97 Å². The average Bonchev–Trinajstić information content (AvgIpc) is 2.64. The summed E-state index contributed by atoms with van der Waals surface area (Å²) in [4.78, 5) is 38.3. The van der Waals surface area contributed by atoms with Crippen molar-refractivity contribution >= 4 is 17.8 Å². The van der Waals surface area contributed by atoms with E-state index in [2.05, 4.69) is 0 Å². The summed E-state index contributed by atoms with van der Waals surface area (Å²) in [6.45, 7) is 2.08. The van der Waals surface area contributed by atoms with Crippen LogP contribution in [0.3, 0.4) is 0 Å². The zero-order valence-electron chi connectivity index (χ0n) is 12.4. The number of hydrogen-bond donors (Lipinski definition) is 1. The van der Waals surface area contributed by atoms with E-state index < -0.39 is 5.97 Å². The SMILES string of the molecule is O=C(O)CC1CCN(C(=O)CN2CCCCCC2=O)CC1. The highest BCUT2D eigenvalue weighted by atomic mass is 16.4. The van der Waals surface area contributed by atoms with E-state index in [0.717, 1.165) is 32.1 Å². The van der Waals surface area contributed by atoms with E-state index in [1.165, 1.54) is 0 Å². The van der Waals surface area contributed by atoms with Crippen LogP contribution in [0.25, 0.3) is 0 Å². The Morgan fingerprint density at radius 2 is 1.81 bits per heavy atom. The van der Waals surface area contributed by atoms with Gasteiger partial charge in [0.05, 0.1) is 6.54 Å². The van der Waals surface area contributed by atoms with Crippen molar-refractivity contribution in [3.63, 3.8) is 0 Å². The highest BCUT2D eigenvalue weighted by Crippen LogP contribution is 2.21. The number of amides is 2. The summed E-state index contributed by atoms with van der Waals surface area (Å²) in [5.41, 5.74) is 0. The minimum atomic E-state index is -0.769. The molecule has 0 bridgehead atoms. The average molecular weight is 296 g/mol. The van der Waals surface area contributed by atoms with Crippen molar-refractivity contribution in [2.45, 2.75) is 44.9 Å². The fraction of sp³-hybridized carbons (Fsp3) is 0.800. The summed E-state index contributed by atoms with van der Waals surface area (Å²) in [6, 6.07) is 0. The van der Waals surface area contributed by atoms with Crippen molar-refractivity contribution in [2.75, 3.05) is 26.2 Å². The van der Waals surface area contributed by atoms with Crippen molar-refractivity contribution < 1.29 is 19.5 Å². The number of hydrogen-bond acceptors (Lipinski definition) is 3. The zero-order valence-corrected chi connectivity index (χ0v) is 12.4. The summed E-state index contributed by atoms with van der Waals surface area (Å²) < 4.78 is 0. The standard InChI is InChI=1S/C15H24N2O4/c18-13-4-2-1-3-7-17(13)11-14(19)16-8-5-12(6-9-16)10-15(20)21/h12H,1-11H2,(H,20,21). The van der Waals surface area contributed by atoms with E-state index in [4.69, 9.17) is 5.11 Å². The smallest absolute Gasteiger partial charge is 0.303 e. The molecule has 2 saturated heterocycles. The second kappa shape index (κ2) is 7.43. The van der Waals surface area contributed by atoms with Crippen molar-refractivity contribution in [3.05, 3.63) is 0 Å². The normalized spacial score (nSPS) is 21.2. The van der Waals surface area contributed by atoms with Gasteiger partial charge < -0.3 is 14.9 Å². The Hall–Kier alpha value is -1.59. The van der Waals surface area contributed by atoms with Gasteiger partial charge in [-0.2, -0.15) is 0 Å². The fourth-order valence-corrected chi connectivity index (χ4v) is 3.10. The molecule has 1 N–H and O–H groups in total. The predicted molar refractivity (Wildman–Crippen MR) is 76.6 cm³/mol. The topological polar surface area (TPSA) is 77.9 Å². The van der Waals surface area contributed by atoms with Crippen LogP contribution in [0.2, 0.25) is 0 Å². The van der Waals surface area contributed by atoms with E-state index >= 15 is 0 Å². The lowest BCUT2D eigenvalue weighted by Crippen LogP contribution is -2.45. The van der Waals surface area contributed by atoms with Crippen LogP contribution < -0.4 is 0 Å². The van der Waals surface area contributed by atoms with Crippen LogP contribution in [0.5, 0.6) is 0 Å². The van der Waals surface area contributed by atoms with Crippen molar-refractivity contribution in [1.29, 1.82) is 0 Å². The van der Waals surface area contributed by atoms with E-state index in [1.807, 2.05) is 0 Å². The van der Waals surface area contributed by atoms with Crippen LogP contribution in [0.1, 0.15) is 44.9 Å². The molecule has 0 aromatic carbocycles. The lowest BCUT2D eigenvalue weighted by atomic mass is 9.93. The molecule has 0 unspecified atom stereocenters. The van der Waals surface area contributed by atoms with Crippen molar-refractivity contribution in [1.82, 2.24) is 9.80 Å². The number of nitrogens with zero attached hydrogens (tertiary/aromatic N) is 2. The van der Waals surface area contributed by atoms with E-state index in [-0.39, 0.29) is 30.7 Å². The van der Waals surface area contributed by atoms with Gasteiger partial charge in [-0.3, -0.25) is 14.4 Å². The molecule has 6 heteroatoms. The first-order valence-electron chi connectivity index (χ1n) is 7.83. The Morgan fingerprint density at radius 3 is 2.48 bits per heavy atom. The number of piperidine rings is 1. The maximum atomic E-state index is 12.3. The molecular formula is C15H24N2O4. The van der Waals surface area contributed by atoms with Crippen LogP contribution in [0, 0.1) is 5.92 Å². The van der Waals surface area contributed by atoms with Gasteiger partial charge in [0.25, 0.3) is 0 Å². The molecule has 21 heavy (non-hydrogen) atoms. The Kier molecular flexibility index (Phi) is 5.59. The number of likely N-dealkylation sites (tertiary alicyclic amines) is 2. The van der Waals surface area contributed by atoms with Gasteiger partial charge in [0.2, 0.25) is 11.8 Å². The number of aliphatic carboxylic acids is 1. The van der Waals surface area contributed by atoms with Crippen LogP contribution >= 0.6 is 0 Å². The molecule has 2 rings (SSSR count). The van der Waals surface area contributed by atoms with Crippen LogP contribution in [0.4, 0.5) is 0 Å². The van der Waals surface area contributed by atoms with Gasteiger partial charge in [-0.05, 0) is 31.6 Å². The summed E-state index contributed by atoms with van der Waals surface area (Å²) in [5.74, 6) is -0.512. The van der Waals surface area contributed by atoms with Gasteiger partial charge in [0.1, 0.15) is 0 Å². The molecule has 2 aliphatic heterocycles. The minimum Gasteiger partial charge on any atom is -0.481 e. The van der Waals surface area contributed by atoms with Crippen LogP contribution in [0.15, 0.2) is 0 Å². The molecule has 0 aromatic rings. The van der Waals surface area contributed by atoms with E-state index in [9.17, 15) is 14.4 Å². The number of carboxylic acid groups (broad SMARTS) is 1. The maximum Gasteiger partial charge on any atom is 0.303 e. The first-order valence-corrected chi connectivity index (χ1v) is 7.83. The first-order chi connectivity index (χ1) is 10.1. The summed E-state index contributed by atoms with van der Waals surface area (Å²) >= 11 is 0. The highest BCUT2D eigenvalue weighted by molar-refractivity contribution is 5.85. The molecule has 2 fully saturated rings. The Morgan fingerprint density at radius 1 is 1.10 bits per heavy atom. The van der Waals surface area contributed by atoms with Crippen LogP contribution in [-0.2, 0) is 14.4 Å². The molecule has 2 aliphatic rings. The van der Waals surface area contributed by atoms with E-state index in [1.54, 1.807) is 9.80 Å².